The normalized spacial score (nSPS) is 20.8. The van der Waals surface area contributed by atoms with Crippen LogP contribution in [0.5, 0.6) is 0 Å². The predicted molar refractivity (Wildman–Crippen MR) is 91.2 cm³/mol. The van der Waals surface area contributed by atoms with Gasteiger partial charge in [-0.05, 0) is 19.4 Å². The minimum atomic E-state index is -0.277. The van der Waals surface area contributed by atoms with Crippen LogP contribution in [0, 0.1) is 5.92 Å². The van der Waals surface area contributed by atoms with Gasteiger partial charge in [0, 0.05) is 50.9 Å². The Morgan fingerprint density at radius 2 is 2.24 bits per heavy atom. The number of hydrogen-bond donors (Lipinski definition) is 0. The molecule has 2 aromatic heterocycles. The van der Waals surface area contributed by atoms with Gasteiger partial charge in [-0.15, -0.1) is 0 Å². The van der Waals surface area contributed by atoms with Crippen molar-refractivity contribution in [1.82, 2.24) is 19.6 Å². The second-order valence-electron chi connectivity index (χ2n) is 6.53. The van der Waals surface area contributed by atoms with Gasteiger partial charge >= 0.3 is 0 Å². The van der Waals surface area contributed by atoms with Crippen molar-refractivity contribution in [3.05, 3.63) is 42.1 Å². The van der Waals surface area contributed by atoms with E-state index >= 15 is 0 Å². The lowest BCUT2D eigenvalue weighted by Gasteiger charge is -2.39. The number of likely N-dealkylation sites (tertiary alicyclic amines) is 1. The lowest BCUT2D eigenvalue weighted by atomic mass is 9.84. The molecule has 134 valence electrons. The summed E-state index contributed by atoms with van der Waals surface area (Å²) < 4.78 is 6.81. The summed E-state index contributed by atoms with van der Waals surface area (Å²) in [6.07, 6.45) is 7.85. The van der Waals surface area contributed by atoms with E-state index in [0.29, 0.717) is 25.9 Å². The minimum absolute atomic E-state index is 0.0655. The number of nitrogens with zero attached hydrogens (tertiary/aromatic N) is 4. The van der Waals surface area contributed by atoms with Gasteiger partial charge in [-0.25, -0.2) is 0 Å². The maximum atomic E-state index is 13.2. The van der Waals surface area contributed by atoms with Crippen LogP contribution in [0.1, 0.15) is 36.9 Å². The highest BCUT2D eigenvalue weighted by Gasteiger charge is 2.40. The number of carbonyl (C=O) groups excluding carboxylic acids is 2. The monoisotopic (exact) mass is 344 g/mol. The summed E-state index contributed by atoms with van der Waals surface area (Å²) >= 11 is 0. The Kier molecular flexibility index (Phi) is 4.92. The van der Waals surface area contributed by atoms with Crippen LogP contribution in [-0.4, -0.2) is 45.0 Å². The van der Waals surface area contributed by atoms with Crippen molar-refractivity contribution in [3.8, 4) is 0 Å². The first kappa shape index (κ1) is 17.3. The van der Waals surface area contributed by atoms with Crippen molar-refractivity contribution in [2.45, 2.75) is 32.4 Å². The molecule has 1 aliphatic rings. The lowest BCUT2D eigenvalue weighted by Crippen LogP contribution is -2.47. The van der Waals surface area contributed by atoms with Crippen molar-refractivity contribution in [3.63, 3.8) is 0 Å². The topological polar surface area (TPSA) is 71.6 Å². The average Bonchev–Trinajstić information content (AvgIpc) is 3.26. The third kappa shape index (κ3) is 3.45. The first-order valence-electron chi connectivity index (χ1n) is 8.55. The summed E-state index contributed by atoms with van der Waals surface area (Å²) in [5.41, 5.74) is 1.86. The van der Waals surface area contributed by atoms with Crippen LogP contribution in [-0.2, 0) is 23.2 Å². The second-order valence-corrected chi connectivity index (χ2v) is 6.53. The fourth-order valence-corrected chi connectivity index (χ4v) is 3.53. The summed E-state index contributed by atoms with van der Waals surface area (Å²) in [6, 6.07) is 1.59. The van der Waals surface area contributed by atoms with Gasteiger partial charge in [-0.1, -0.05) is 0 Å². The number of hydrogen-bond acceptors (Lipinski definition) is 4. The lowest BCUT2D eigenvalue weighted by molar-refractivity contribution is -0.147. The summed E-state index contributed by atoms with van der Waals surface area (Å²) in [5, 5.41) is 4.21. The van der Waals surface area contributed by atoms with E-state index in [9.17, 15) is 9.59 Å². The second kappa shape index (κ2) is 7.13. The van der Waals surface area contributed by atoms with Gasteiger partial charge < -0.3 is 14.2 Å². The molecule has 0 saturated carbocycles. The molecule has 3 rings (SSSR count). The van der Waals surface area contributed by atoms with Crippen LogP contribution >= 0.6 is 0 Å². The largest absolute Gasteiger partial charge is 0.472 e. The molecule has 0 radical (unpaired) electrons. The smallest absolute Gasteiger partial charge is 0.228 e. The molecule has 2 atom stereocenters. The van der Waals surface area contributed by atoms with Crippen LogP contribution in [0.2, 0.25) is 0 Å². The zero-order valence-electron chi connectivity index (χ0n) is 14.9. The van der Waals surface area contributed by atoms with Crippen molar-refractivity contribution >= 4 is 11.8 Å². The average molecular weight is 344 g/mol. The molecule has 2 amide bonds. The molecule has 1 saturated heterocycles. The van der Waals surface area contributed by atoms with Crippen molar-refractivity contribution in [2.24, 2.45) is 13.0 Å². The number of aryl methyl sites for hydroxylation is 1. The Morgan fingerprint density at radius 1 is 1.44 bits per heavy atom. The van der Waals surface area contributed by atoms with Gasteiger partial charge in [0.25, 0.3) is 0 Å². The number of carbonyl (C=O) groups is 2. The Hall–Kier alpha value is -2.57. The molecule has 0 bridgehead atoms. The maximum Gasteiger partial charge on any atom is 0.228 e. The van der Waals surface area contributed by atoms with Gasteiger partial charge in [-0.3, -0.25) is 14.3 Å². The summed E-state index contributed by atoms with van der Waals surface area (Å²) in [5.74, 6) is -0.133. The number of furan rings is 1. The molecule has 2 aromatic rings. The minimum Gasteiger partial charge on any atom is -0.472 e. The van der Waals surface area contributed by atoms with E-state index in [-0.39, 0.29) is 23.8 Å². The van der Waals surface area contributed by atoms with E-state index in [2.05, 4.69) is 5.10 Å². The van der Waals surface area contributed by atoms with Crippen molar-refractivity contribution in [2.75, 3.05) is 13.6 Å². The van der Waals surface area contributed by atoms with Gasteiger partial charge in [0.05, 0.1) is 30.7 Å². The molecule has 7 heteroatoms. The zero-order chi connectivity index (χ0) is 18.0. The van der Waals surface area contributed by atoms with E-state index in [4.69, 9.17) is 4.42 Å². The van der Waals surface area contributed by atoms with Gasteiger partial charge in [0.2, 0.25) is 11.8 Å². The number of rotatable bonds is 5. The summed E-state index contributed by atoms with van der Waals surface area (Å²) in [7, 11) is 3.61. The van der Waals surface area contributed by atoms with E-state index < -0.39 is 0 Å². The van der Waals surface area contributed by atoms with Gasteiger partial charge in [0.1, 0.15) is 0 Å². The fourth-order valence-electron chi connectivity index (χ4n) is 3.53. The summed E-state index contributed by atoms with van der Waals surface area (Å²) in [6.45, 7) is 3.09. The molecule has 3 heterocycles. The van der Waals surface area contributed by atoms with Gasteiger partial charge in [0.15, 0.2) is 0 Å². The van der Waals surface area contributed by atoms with Gasteiger partial charge in [-0.2, -0.15) is 5.10 Å². The highest BCUT2D eigenvalue weighted by Crippen LogP contribution is 2.36. The quantitative estimate of drug-likeness (QED) is 0.831. The Morgan fingerprint density at radius 3 is 2.84 bits per heavy atom. The first-order chi connectivity index (χ1) is 12.0. The Balaban J connectivity index is 1.86. The Labute approximate surface area is 147 Å². The zero-order valence-corrected chi connectivity index (χ0v) is 14.9. The van der Waals surface area contributed by atoms with E-state index in [1.165, 1.54) is 0 Å². The van der Waals surface area contributed by atoms with Crippen LogP contribution in [0.15, 0.2) is 35.4 Å². The molecule has 0 N–H and O–H groups in total. The highest BCUT2D eigenvalue weighted by atomic mass is 16.3. The molecule has 0 aliphatic carbocycles. The molecule has 1 fully saturated rings. The molecular formula is C18H24N4O3. The highest BCUT2D eigenvalue weighted by molar-refractivity contribution is 5.85. The standard InChI is InChI=1S/C18H24N4O3/c1-4-22(10-13-7-8-25-12-13)18(24)15-5-6-16(23)21(3)17(15)14-9-19-20(2)11-14/h7-9,11-12,15,17H,4-6,10H2,1-3H3. The fraction of sp³-hybridized carbons (Fsp3) is 0.500. The molecule has 0 aromatic carbocycles. The third-order valence-electron chi connectivity index (χ3n) is 4.89. The Bertz CT molecular complexity index is 737. The number of amides is 2. The van der Waals surface area contributed by atoms with Crippen LogP contribution in [0.3, 0.4) is 0 Å². The van der Waals surface area contributed by atoms with Crippen molar-refractivity contribution < 1.29 is 14.0 Å². The molecular weight excluding hydrogens is 320 g/mol. The van der Waals surface area contributed by atoms with Crippen LogP contribution in [0.4, 0.5) is 0 Å². The van der Waals surface area contributed by atoms with E-state index in [1.54, 1.807) is 35.4 Å². The van der Waals surface area contributed by atoms with Crippen molar-refractivity contribution in [1.29, 1.82) is 0 Å². The third-order valence-corrected chi connectivity index (χ3v) is 4.89. The number of aromatic nitrogens is 2. The molecule has 0 spiro atoms. The first-order valence-corrected chi connectivity index (χ1v) is 8.55. The van der Waals surface area contributed by atoms with E-state index in [1.807, 2.05) is 31.1 Å². The van der Waals surface area contributed by atoms with E-state index in [0.717, 1.165) is 11.1 Å². The molecule has 2 unspecified atom stereocenters. The molecule has 1 aliphatic heterocycles. The predicted octanol–water partition coefficient (Wildman–Crippen LogP) is 1.97. The maximum absolute atomic E-state index is 13.2. The van der Waals surface area contributed by atoms with Crippen LogP contribution < -0.4 is 0 Å². The molecule has 25 heavy (non-hydrogen) atoms. The SMILES string of the molecule is CCN(Cc1ccoc1)C(=O)C1CCC(=O)N(C)C1c1cnn(C)c1. The van der Waals surface area contributed by atoms with Crippen LogP contribution in [0.25, 0.3) is 0 Å². The summed E-state index contributed by atoms with van der Waals surface area (Å²) in [4.78, 5) is 28.9. The molecule has 7 nitrogen and oxygen atoms in total. The number of piperidine rings is 1.